The normalized spacial score (nSPS) is 19.8. The zero-order chi connectivity index (χ0) is 20.8. The molecular formula is C25H32N2O3. The number of likely N-dealkylation sites (tertiary alicyclic amines) is 1. The smallest absolute Gasteiger partial charge is 0.325 e. The van der Waals surface area contributed by atoms with E-state index < -0.39 is 12.0 Å². The van der Waals surface area contributed by atoms with E-state index in [0.717, 1.165) is 50.9 Å². The van der Waals surface area contributed by atoms with E-state index in [-0.39, 0.29) is 6.10 Å². The molecule has 0 radical (unpaired) electrons. The van der Waals surface area contributed by atoms with Gasteiger partial charge in [-0.25, -0.2) is 0 Å². The Morgan fingerprint density at radius 2 is 2.07 bits per heavy atom. The molecule has 2 atom stereocenters. The first-order valence-electron chi connectivity index (χ1n) is 11.2. The molecule has 1 saturated heterocycles. The van der Waals surface area contributed by atoms with Crippen molar-refractivity contribution in [1.29, 1.82) is 0 Å². The number of benzene rings is 2. The number of fused-ring (bicyclic) bond motifs is 1. The van der Waals surface area contributed by atoms with Crippen LogP contribution in [0.4, 0.5) is 5.69 Å². The lowest BCUT2D eigenvalue weighted by Gasteiger charge is -2.24. The summed E-state index contributed by atoms with van der Waals surface area (Å²) in [6.45, 7) is 3.27. The van der Waals surface area contributed by atoms with E-state index in [4.69, 9.17) is 4.74 Å². The standard InChI is InChI=1S/C25H32N2O3/c28-25(29)24(21-8-2-1-3-9-21)27-15-13-22(18-27)30-16-5-4-7-19-11-12-20-10-6-14-26-23(20)17-19/h1-3,8-9,11-12,17,22,24,26H,4-7,10,13-16,18H2,(H,28,29)/t22-,24+/m1/s1. The van der Waals surface area contributed by atoms with Crippen LogP contribution in [0.15, 0.2) is 48.5 Å². The van der Waals surface area contributed by atoms with Crippen molar-refractivity contribution in [3.63, 3.8) is 0 Å². The van der Waals surface area contributed by atoms with E-state index in [9.17, 15) is 9.90 Å². The number of rotatable bonds is 9. The molecule has 160 valence electrons. The predicted octanol–water partition coefficient (Wildman–Crippen LogP) is 4.28. The molecule has 0 aliphatic carbocycles. The molecule has 5 nitrogen and oxygen atoms in total. The summed E-state index contributed by atoms with van der Waals surface area (Å²) in [4.78, 5) is 13.9. The summed E-state index contributed by atoms with van der Waals surface area (Å²) >= 11 is 0. The Labute approximate surface area is 179 Å². The number of nitrogens with zero attached hydrogens (tertiary/aromatic N) is 1. The van der Waals surface area contributed by atoms with Gasteiger partial charge in [0.25, 0.3) is 0 Å². The Kier molecular flexibility index (Phi) is 7.03. The minimum absolute atomic E-state index is 0.128. The third-order valence-corrected chi connectivity index (χ3v) is 6.22. The lowest BCUT2D eigenvalue weighted by molar-refractivity contribution is -0.143. The van der Waals surface area contributed by atoms with Gasteiger partial charge in [-0.05, 0) is 61.3 Å². The molecule has 0 spiro atoms. The van der Waals surface area contributed by atoms with E-state index in [1.165, 1.54) is 29.7 Å². The first kappa shape index (κ1) is 20.9. The number of carboxylic acid groups (broad SMARTS) is 1. The predicted molar refractivity (Wildman–Crippen MR) is 119 cm³/mol. The number of aliphatic carboxylic acids is 1. The van der Waals surface area contributed by atoms with Crippen molar-refractivity contribution in [3.8, 4) is 0 Å². The molecule has 2 aromatic rings. The van der Waals surface area contributed by atoms with E-state index in [1.54, 1.807) is 0 Å². The Morgan fingerprint density at radius 1 is 1.20 bits per heavy atom. The number of aryl methyl sites for hydroxylation is 2. The Bertz CT molecular complexity index is 840. The maximum absolute atomic E-state index is 11.8. The average Bonchev–Trinajstić information content (AvgIpc) is 3.22. The van der Waals surface area contributed by atoms with Crippen LogP contribution in [-0.4, -0.2) is 48.3 Å². The molecule has 2 aliphatic rings. The second-order valence-corrected chi connectivity index (χ2v) is 8.41. The number of anilines is 1. The molecule has 0 amide bonds. The Morgan fingerprint density at radius 3 is 2.90 bits per heavy atom. The number of carboxylic acids is 1. The van der Waals surface area contributed by atoms with Crippen molar-refractivity contribution < 1.29 is 14.6 Å². The van der Waals surface area contributed by atoms with Gasteiger partial charge in [-0.15, -0.1) is 0 Å². The molecule has 0 bridgehead atoms. The van der Waals surface area contributed by atoms with Gasteiger partial charge in [0.2, 0.25) is 0 Å². The molecule has 0 unspecified atom stereocenters. The van der Waals surface area contributed by atoms with Crippen LogP contribution in [0.25, 0.3) is 0 Å². The lowest BCUT2D eigenvalue weighted by Crippen LogP contribution is -2.33. The van der Waals surface area contributed by atoms with Crippen LogP contribution < -0.4 is 5.32 Å². The van der Waals surface area contributed by atoms with E-state index in [1.807, 2.05) is 35.2 Å². The quantitative estimate of drug-likeness (QED) is 0.606. The molecule has 0 saturated carbocycles. The summed E-state index contributed by atoms with van der Waals surface area (Å²) in [6.07, 6.45) is 6.64. The topological polar surface area (TPSA) is 61.8 Å². The summed E-state index contributed by atoms with van der Waals surface area (Å²) in [5.41, 5.74) is 4.98. The summed E-state index contributed by atoms with van der Waals surface area (Å²) in [7, 11) is 0. The van der Waals surface area contributed by atoms with Crippen LogP contribution in [0.5, 0.6) is 0 Å². The highest BCUT2D eigenvalue weighted by atomic mass is 16.5. The summed E-state index contributed by atoms with van der Waals surface area (Å²) in [5, 5.41) is 13.2. The molecule has 30 heavy (non-hydrogen) atoms. The third-order valence-electron chi connectivity index (χ3n) is 6.22. The van der Waals surface area contributed by atoms with Gasteiger partial charge in [-0.1, -0.05) is 42.5 Å². The lowest BCUT2D eigenvalue weighted by atomic mass is 9.99. The fraction of sp³-hybridized carbons (Fsp3) is 0.480. The molecule has 4 rings (SSSR count). The maximum Gasteiger partial charge on any atom is 0.325 e. The fourth-order valence-corrected chi connectivity index (χ4v) is 4.61. The summed E-state index contributed by atoms with van der Waals surface area (Å²) < 4.78 is 6.08. The molecule has 2 aliphatic heterocycles. The zero-order valence-corrected chi connectivity index (χ0v) is 17.6. The van der Waals surface area contributed by atoms with Crippen molar-refractivity contribution in [2.75, 3.05) is 31.6 Å². The van der Waals surface area contributed by atoms with E-state index in [0.29, 0.717) is 6.54 Å². The number of nitrogens with one attached hydrogen (secondary N) is 1. The van der Waals surface area contributed by atoms with Crippen molar-refractivity contribution in [2.45, 2.75) is 50.7 Å². The Balaban J connectivity index is 1.19. The van der Waals surface area contributed by atoms with Crippen LogP contribution in [0.2, 0.25) is 0 Å². The number of hydrogen-bond acceptors (Lipinski definition) is 4. The van der Waals surface area contributed by atoms with E-state index in [2.05, 4.69) is 23.5 Å². The van der Waals surface area contributed by atoms with E-state index >= 15 is 0 Å². The van der Waals surface area contributed by atoms with Crippen molar-refractivity contribution in [2.24, 2.45) is 0 Å². The van der Waals surface area contributed by atoms with Crippen molar-refractivity contribution in [1.82, 2.24) is 4.90 Å². The maximum atomic E-state index is 11.8. The zero-order valence-electron chi connectivity index (χ0n) is 17.6. The van der Waals surface area contributed by atoms with Crippen LogP contribution in [-0.2, 0) is 22.4 Å². The third kappa shape index (κ3) is 5.21. The molecule has 2 N–H and O–H groups in total. The average molecular weight is 409 g/mol. The SMILES string of the molecule is O=C(O)[C@H](c1ccccc1)N1CC[C@@H](OCCCCc2ccc3c(c2)NCCC3)C1. The first-order chi connectivity index (χ1) is 14.7. The largest absolute Gasteiger partial charge is 0.480 e. The van der Waals surface area contributed by atoms with Gasteiger partial charge in [0.1, 0.15) is 6.04 Å². The highest BCUT2D eigenvalue weighted by Crippen LogP contribution is 2.27. The van der Waals surface area contributed by atoms with Gasteiger partial charge < -0.3 is 15.2 Å². The monoisotopic (exact) mass is 408 g/mol. The van der Waals surface area contributed by atoms with Gasteiger partial charge in [0.05, 0.1) is 6.10 Å². The van der Waals surface area contributed by atoms with Crippen LogP contribution >= 0.6 is 0 Å². The van der Waals surface area contributed by atoms with Crippen molar-refractivity contribution >= 4 is 11.7 Å². The summed E-state index contributed by atoms with van der Waals surface area (Å²) in [6, 6.07) is 15.7. The molecule has 5 heteroatoms. The molecule has 2 aromatic carbocycles. The molecule has 1 fully saturated rings. The molecule has 0 aromatic heterocycles. The fourth-order valence-electron chi connectivity index (χ4n) is 4.61. The highest BCUT2D eigenvalue weighted by Gasteiger charge is 2.33. The van der Waals surface area contributed by atoms with Crippen LogP contribution in [0.1, 0.15) is 48.4 Å². The van der Waals surface area contributed by atoms with Gasteiger partial charge in [-0.2, -0.15) is 0 Å². The van der Waals surface area contributed by atoms with Gasteiger partial charge >= 0.3 is 5.97 Å². The number of carbonyl (C=O) groups is 1. The number of hydrogen-bond donors (Lipinski definition) is 2. The highest BCUT2D eigenvalue weighted by molar-refractivity contribution is 5.75. The van der Waals surface area contributed by atoms with Gasteiger partial charge in [0.15, 0.2) is 0 Å². The van der Waals surface area contributed by atoms with Crippen LogP contribution in [0.3, 0.4) is 0 Å². The molecular weight excluding hydrogens is 376 g/mol. The number of ether oxygens (including phenoxy) is 1. The van der Waals surface area contributed by atoms with Gasteiger partial charge in [-0.3, -0.25) is 9.69 Å². The van der Waals surface area contributed by atoms with Gasteiger partial charge in [0, 0.05) is 31.9 Å². The minimum Gasteiger partial charge on any atom is -0.480 e. The second-order valence-electron chi connectivity index (χ2n) is 8.41. The number of unbranched alkanes of at least 4 members (excludes halogenated alkanes) is 1. The first-order valence-corrected chi connectivity index (χ1v) is 11.2. The van der Waals surface area contributed by atoms with Crippen LogP contribution in [0, 0.1) is 0 Å². The summed E-state index contributed by atoms with van der Waals surface area (Å²) in [5.74, 6) is -0.790. The minimum atomic E-state index is -0.790. The second kappa shape index (κ2) is 10.1. The van der Waals surface area contributed by atoms with Crippen molar-refractivity contribution in [3.05, 3.63) is 65.2 Å². The Hall–Kier alpha value is -2.37. The molecule has 2 heterocycles.